The molecule has 0 atom stereocenters. The van der Waals surface area contributed by atoms with Gasteiger partial charge in [0.2, 0.25) is 0 Å². The molecule has 136 valence electrons. The van der Waals surface area contributed by atoms with Crippen LogP contribution < -0.4 is 4.90 Å². The molecule has 0 aliphatic carbocycles. The highest BCUT2D eigenvalue weighted by Gasteiger charge is 2.13. The fourth-order valence-corrected chi connectivity index (χ4v) is 5.94. The van der Waals surface area contributed by atoms with Crippen LogP contribution in [-0.2, 0) is 0 Å². The van der Waals surface area contributed by atoms with Crippen molar-refractivity contribution >= 4 is 41.9 Å². The van der Waals surface area contributed by atoms with Gasteiger partial charge in [0, 0.05) is 39.0 Å². The van der Waals surface area contributed by atoms with Crippen molar-refractivity contribution in [1.29, 1.82) is 0 Å². The van der Waals surface area contributed by atoms with Crippen molar-refractivity contribution in [3.8, 4) is 11.8 Å². The molecule has 2 rings (SSSR count). The minimum atomic E-state index is -0.988. The monoisotopic (exact) mass is 397 g/mol. The summed E-state index contributed by atoms with van der Waals surface area (Å²) in [4.78, 5) is 2.08. The molecule has 2 aromatic rings. The number of hydrogen-bond acceptors (Lipinski definition) is 3. The van der Waals surface area contributed by atoms with Crippen molar-refractivity contribution in [2.45, 2.75) is 25.7 Å². The number of thioether (sulfide) groups is 1. The molecule has 0 bridgehead atoms. The Labute approximate surface area is 169 Å². The number of nitrogens with zero attached hydrogens (tertiary/aromatic N) is 1. The second kappa shape index (κ2) is 9.41. The summed E-state index contributed by atoms with van der Waals surface area (Å²) in [6.45, 7) is 7.20. The normalized spacial score (nSPS) is 10.8. The first kappa shape index (κ1) is 20.8. The van der Waals surface area contributed by atoms with Gasteiger partial charge in [-0.25, -0.2) is 0 Å². The number of anilines is 1. The van der Waals surface area contributed by atoms with Crippen molar-refractivity contribution < 1.29 is 0 Å². The molecule has 2 aromatic carbocycles. The van der Waals surface area contributed by atoms with Gasteiger partial charge in [-0.1, -0.05) is 55.8 Å². The van der Waals surface area contributed by atoms with Crippen molar-refractivity contribution in [3.63, 3.8) is 0 Å². The van der Waals surface area contributed by atoms with E-state index in [0.29, 0.717) is 0 Å². The third-order valence-electron chi connectivity index (χ3n) is 3.94. The lowest BCUT2D eigenvalue weighted by atomic mass is 10.1. The highest BCUT2D eigenvalue weighted by atomic mass is 32.2. The smallest absolute Gasteiger partial charge is 0.0778 e. The molecular weight excluding hydrogens is 370 g/mol. The highest BCUT2D eigenvalue weighted by molar-refractivity contribution is 8.23. The van der Waals surface area contributed by atoms with Gasteiger partial charge in [-0.2, -0.15) is 0 Å². The van der Waals surface area contributed by atoms with Crippen molar-refractivity contribution in [2.75, 3.05) is 24.7 Å². The topological polar surface area (TPSA) is 3.24 Å². The lowest BCUT2D eigenvalue weighted by Gasteiger charge is -2.15. The van der Waals surface area contributed by atoms with Gasteiger partial charge >= 0.3 is 0 Å². The van der Waals surface area contributed by atoms with E-state index in [0.717, 1.165) is 26.6 Å². The Kier molecular flexibility index (Phi) is 7.51. The predicted octanol–water partition coefficient (Wildman–Crippen LogP) is 5.90. The summed E-state index contributed by atoms with van der Waals surface area (Å²) in [6, 6.07) is 17.9. The molecule has 0 saturated heterocycles. The van der Waals surface area contributed by atoms with E-state index in [4.69, 9.17) is 12.2 Å². The molecule has 0 saturated carbocycles. The minimum Gasteiger partial charge on any atom is -0.378 e. The molecule has 0 aromatic heterocycles. The Morgan fingerprint density at radius 1 is 0.923 bits per heavy atom. The number of rotatable bonds is 5. The van der Waals surface area contributed by atoms with Crippen LogP contribution in [0.25, 0.3) is 0 Å². The van der Waals surface area contributed by atoms with Crippen LogP contribution in [0.4, 0.5) is 5.69 Å². The van der Waals surface area contributed by atoms with Gasteiger partial charge in [0.05, 0.1) is 4.20 Å². The SMILES string of the molecule is CN(C)c1ccc(C#Cc2ccc(C(=S)SCC[Si](C)(C)C)cc2)cc1. The molecule has 0 aliphatic heterocycles. The lowest BCUT2D eigenvalue weighted by Crippen LogP contribution is -2.20. The van der Waals surface area contributed by atoms with Gasteiger partial charge in [-0.05, 0) is 53.8 Å². The van der Waals surface area contributed by atoms with Crippen LogP contribution in [0, 0.1) is 11.8 Å². The number of thiocarbonyl (C=S) groups is 1. The number of benzene rings is 2. The first-order valence-corrected chi connectivity index (χ1v) is 13.9. The van der Waals surface area contributed by atoms with Gasteiger partial charge in [0.15, 0.2) is 0 Å². The standard InChI is InChI=1S/C22H27NS2Si/c1-23(2)21-14-10-19(11-15-21)7-6-18-8-12-20(13-9-18)22(24)25-16-17-26(3,4)5/h8-15H,16-17H2,1-5H3. The van der Waals surface area contributed by atoms with E-state index in [1.807, 2.05) is 14.1 Å². The predicted molar refractivity (Wildman–Crippen MR) is 126 cm³/mol. The summed E-state index contributed by atoms with van der Waals surface area (Å²) in [5.74, 6) is 7.58. The highest BCUT2D eigenvalue weighted by Crippen LogP contribution is 2.19. The van der Waals surface area contributed by atoms with Gasteiger partial charge in [-0.3, -0.25) is 0 Å². The summed E-state index contributed by atoms with van der Waals surface area (Å²) < 4.78 is 0.988. The molecule has 0 amide bonds. The van der Waals surface area contributed by atoms with Gasteiger partial charge in [0.1, 0.15) is 0 Å². The van der Waals surface area contributed by atoms with Crippen LogP contribution >= 0.6 is 24.0 Å². The van der Waals surface area contributed by atoms with Crippen LogP contribution in [-0.4, -0.2) is 32.1 Å². The van der Waals surface area contributed by atoms with E-state index < -0.39 is 8.07 Å². The molecule has 0 aliphatic rings. The molecule has 0 N–H and O–H groups in total. The maximum atomic E-state index is 5.56. The average Bonchev–Trinajstić information content (AvgIpc) is 2.59. The summed E-state index contributed by atoms with van der Waals surface area (Å²) in [6.07, 6.45) is 0. The van der Waals surface area contributed by atoms with Crippen LogP contribution in [0.15, 0.2) is 48.5 Å². The molecule has 1 nitrogen and oxygen atoms in total. The first-order chi connectivity index (χ1) is 12.2. The quantitative estimate of drug-likeness (QED) is 0.351. The van der Waals surface area contributed by atoms with E-state index in [-0.39, 0.29) is 0 Å². The van der Waals surface area contributed by atoms with Crippen LogP contribution in [0.3, 0.4) is 0 Å². The van der Waals surface area contributed by atoms with E-state index in [1.165, 1.54) is 11.7 Å². The van der Waals surface area contributed by atoms with Gasteiger partial charge in [0.25, 0.3) is 0 Å². The zero-order chi connectivity index (χ0) is 19.2. The van der Waals surface area contributed by atoms with Crippen molar-refractivity contribution in [3.05, 3.63) is 65.2 Å². The number of hydrogen-bond donors (Lipinski definition) is 0. The zero-order valence-corrected chi connectivity index (χ0v) is 18.9. The second-order valence-corrected chi connectivity index (χ2v) is 15.1. The maximum absolute atomic E-state index is 5.56. The third kappa shape index (κ3) is 6.99. The Morgan fingerprint density at radius 3 is 1.88 bits per heavy atom. The fourth-order valence-electron chi connectivity index (χ4n) is 2.21. The summed E-state index contributed by atoms with van der Waals surface area (Å²) in [5.41, 5.74) is 4.35. The molecule has 0 heterocycles. The molecule has 0 unspecified atom stereocenters. The second-order valence-electron chi connectivity index (χ2n) is 7.72. The van der Waals surface area contributed by atoms with Gasteiger partial charge < -0.3 is 4.90 Å². The van der Waals surface area contributed by atoms with E-state index >= 15 is 0 Å². The summed E-state index contributed by atoms with van der Waals surface area (Å²) in [7, 11) is 3.09. The molecule has 0 fully saturated rings. The Morgan fingerprint density at radius 2 is 1.42 bits per heavy atom. The molecule has 0 spiro atoms. The molecule has 4 heteroatoms. The van der Waals surface area contributed by atoms with E-state index in [1.54, 1.807) is 11.8 Å². The third-order valence-corrected chi connectivity index (χ3v) is 7.55. The van der Waals surface area contributed by atoms with Crippen molar-refractivity contribution in [2.24, 2.45) is 0 Å². The largest absolute Gasteiger partial charge is 0.378 e. The summed E-state index contributed by atoms with van der Waals surface area (Å²) >= 11 is 7.37. The maximum Gasteiger partial charge on any atom is 0.0778 e. The lowest BCUT2D eigenvalue weighted by molar-refractivity contribution is 1.13. The van der Waals surface area contributed by atoms with Gasteiger partial charge in [-0.15, -0.1) is 11.8 Å². The zero-order valence-electron chi connectivity index (χ0n) is 16.3. The Hall–Kier alpha value is -1.54. The Balaban J connectivity index is 1.96. The van der Waals surface area contributed by atoms with Crippen LogP contribution in [0.5, 0.6) is 0 Å². The van der Waals surface area contributed by atoms with Crippen LogP contribution in [0.1, 0.15) is 16.7 Å². The molecular formula is C22H27NS2Si. The fraction of sp³-hybridized carbons (Fsp3) is 0.318. The Bertz CT molecular complexity index is 791. The minimum absolute atomic E-state index is 0.988. The van der Waals surface area contributed by atoms with E-state index in [2.05, 4.69) is 84.9 Å². The molecule has 0 radical (unpaired) electrons. The summed E-state index contributed by atoms with van der Waals surface area (Å²) in [5, 5.41) is 0. The molecule has 26 heavy (non-hydrogen) atoms. The van der Waals surface area contributed by atoms with Crippen LogP contribution in [0.2, 0.25) is 25.7 Å². The average molecular weight is 398 g/mol. The van der Waals surface area contributed by atoms with Crippen molar-refractivity contribution in [1.82, 2.24) is 0 Å². The van der Waals surface area contributed by atoms with E-state index in [9.17, 15) is 0 Å². The first-order valence-electron chi connectivity index (χ1n) is 8.81.